The molecule has 2 aromatic carbocycles. The summed E-state index contributed by atoms with van der Waals surface area (Å²) in [5.74, 6) is 0.703. The largest absolute Gasteiger partial charge is 0.495 e. The third kappa shape index (κ3) is 4.72. The van der Waals surface area contributed by atoms with Gasteiger partial charge in [0.15, 0.2) is 0 Å². The second-order valence-corrected chi connectivity index (χ2v) is 10.8. The molecule has 0 spiro atoms. The molecule has 2 bridgehead atoms. The number of ether oxygens (including phenoxy) is 1. The molecule has 1 aromatic heterocycles. The molecule has 2 aliphatic heterocycles. The summed E-state index contributed by atoms with van der Waals surface area (Å²) in [6, 6.07) is 20.7. The van der Waals surface area contributed by atoms with Gasteiger partial charge in [-0.2, -0.15) is 0 Å². The van der Waals surface area contributed by atoms with Crippen LogP contribution in [0, 0.1) is 0 Å². The molecule has 0 saturated carbocycles. The monoisotopic (exact) mass is 523 g/mol. The molecule has 2 fully saturated rings. The third-order valence-corrected chi connectivity index (χ3v) is 8.51. The lowest BCUT2D eigenvalue weighted by Crippen LogP contribution is -2.55. The zero-order valence-corrected chi connectivity index (χ0v) is 22.1. The Morgan fingerprint density at radius 2 is 1.61 bits per heavy atom. The standard InChI is InChI=1S/C29H31Cl2N3O2/c1-19(35)33-18-29(27-14-13-22(36-2)17-32-27)15-20-11-12-21(16-29)34(20)28(23-7-3-5-9-25(23)30)24-8-4-6-10-26(24)31/h3-10,13-14,17,20-21,28H,11-12,15-16,18H2,1-2H3,(H,33,35)/t20-,21-/m0/s1. The molecule has 2 aliphatic rings. The van der Waals surface area contributed by atoms with E-state index >= 15 is 0 Å². The Labute approximate surface area is 222 Å². The van der Waals surface area contributed by atoms with Crippen LogP contribution in [0.1, 0.15) is 55.5 Å². The maximum Gasteiger partial charge on any atom is 0.216 e. The summed E-state index contributed by atoms with van der Waals surface area (Å²) in [7, 11) is 1.64. The van der Waals surface area contributed by atoms with Gasteiger partial charge < -0.3 is 10.1 Å². The quantitative estimate of drug-likeness (QED) is 0.401. The van der Waals surface area contributed by atoms with Gasteiger partial charge in [0.2, 0.25) is 5.91 Å². The fourth-order valence-corrected chi connectivity index (χ4v) is 6.72. The van der Waals surface area contributed by atoms with Crippen LogP contribution in [0.25, 0.3) is 0 Å². The summed E-state index contributed by atoms with van der Waals surface area (Å²) in [6.07, 6.45) is 5.69. The Bertz CT molecular complexity index is 1170. The molecule has 0 aliphatic carbocycles. The summed E-state index contributed by atoms with van der Waals surface area (Å²) >= 11 is 13.6. The number of methoxy groups -OCH3 is 1. The van der Waals surface area contributed by atoms with Crippen molar-refractivity contribution in [1.29, 1.82) is 0 Å². The van der Waals surface area contributed by atoms with Crippen molar-refractivity contribution in [3.63, 3.8) is 0 Å². The first-order chi connectivity index (χ1) is 17.4. The van der Waals surface area contributed by atoms with Gasteiger partial charge in [0.05, 0.1) is 19.3 Å². The van der Waals surface area contributed by atoms with E-state index in [0.717, 1.165) is 58.3 Å². The van der Waals surface area contributed by atoms with Gasteiger partial charge in [-0.05, 0) is 61.1 Å². The van der Waals surface area contributed by atoms with E-state index in [2.05, 4.69) is 28.4 Å². The number of hydrogen-bond donors (Lipinski definition) is 1. The Hall–Kier alpha value is -2.60. The molecule has 5 rings (SSSR count). The number of nitrogens with zero attached hydrogens (tertiary/aromatic N) is 2. The van der Waals surface area contributed by atoms with Gasteiger partial charge in [-0.25, -0.2) is 0 Å². The molecule has 36 heavy (non-hydrogen) atoms. The topological polar surface area (TPSA) is 54.5 Å². The number of rotatable bonds is 7. The fourth-order valence-electron chi connectivity index (χ4n) is 6.24. The molecule has 0 radical (unpaired) electrons. The summed E-state index contributed by atoms with van der Waals surface area (Å²) in [5, 5.41) is 4.60. The van der Waals surface area contributed by atoms with Gasteiger partial charge in [0.1, 0.15) is 5.75 Å². The smallest absolute Gasteiger partial charge is 0.216 e. The van der Waals surface area contributed by atoms with Crippen LogP contribution < -0.4 is 10.1 Å². The Morgan fingerprint density at radius 1 is 1.03 bits per heavy atom. The number of amides is 1. The molecule has 1 amide bonds. The summed E-state index contributed by atoms with van der Waals surface area (Å²) < 4.78 is 5.35. The average Bonchev–Trinajstić information content (AvgIpc) is 3.14. The van der Waals surface area contributed by atoms with Gasteiger partial charge in [-0.1, -0.05) is 59.6 Å². The molecule has 5 nitrogen and oxygen atoms in total. The van der Waals surface area contributed by atoms with Gasteiger partial charge in [0.25, 0.3) is 0 Å². The number of piperidine rings is 1. The van der Waals surface area contributed by atoms with E-state index in [0.29, 0.717) is 18.6 Å². The van der Waals surface area contributed by atoms with Crippen LogP contribution in [0.3, 0.4) is 0 Å². The maximum absolute atomic E-state index is 12.0. The number of aromatic nitrogens is 1. The second kappa shape index (κ2) is 10.4. The van der Waals surface area contributed by atoms with Crippen LogP contribution in [0.15, 0.2) is 66.9 Å². The van der Waals surface area contributed by atoms with Crippen molar-refractivity contribution in [2.75, 3.05) is 13.7 Å². The minimum atomic E-state index is -0.258. The summed E-state index contributed by atoms with van der Waals surface area (Å²) in [5.41, 5.74) is 2.88. The maximum atomic E-state index is 12.0. The number of nitrogens with one attached hydrogen (secondary N) is 1. The molecule has 188 valence electrons. The SMILES string of the molecule is COc1ccc(C2(CNC(C)=O)C[C@@H]3CC[C@@H](C2)N3C(c2ccccc2Cl)c2ccccc2Cl)nc1. The highest BCUT2D eigenvalue weighted by atomic mass is 35.5. The van der Waals surface area contributed by atoms with Crippen molar-refractivity contribution in [2.45, 2.75) is 56.1 Å². The van der Waals surface area contributed by atoms with E-state index in [1.54, 1.807) is 20.2 Å². The van der Waals surface area contributed by atoms with Gasteiger partial charge in [-0.3, -0.25) is 14.7 Å². The Kier molecular flexibility index (Phi) is 7.25. The first kappa shape index (κ1) is 25.1. The summed E-state index contributed by atoms with van der Waals surface area (Å²) in [6.45, 7) is 2.13. The van der Waals surface area contributed by atoms with Gasteiger partial charge in [0, 0.05) is 46.7 Å². The van der Waals surface area contributed by atoms with E-state index in [1.807, 2.05) is 42.5 Å². The van der Waals surface area contributed by atoms with Crippen molar-refractivity contribution < 1.29 is 9.53 Å². The molecule has 2 atom stereocenters. The van der Waals surface area contributed by atoms with Gasteiger partial charge in [-0.15, -0.1) is 0 Å². The molecule has 7 heteroatoms. The highest BCUT2D eigenvalue weighted by Gasteiger charge is 2.52. The lowest BCUT2D eigenvalue weighted by molar-refractivity contribution is -0.119. The Balaban J connectivity index is 1.56. The van der Waals surface area contributed by atoms with Crippen LogP contribution >= 0.6 is 23.2 Å². The zero-order valence-electron chi connectivity index (χ0n) is 20.6. The first-order valence-electron chi connectivity index (χ1n) is 12.4. The molecule has 1 N–H and O–H groups in total. The van der Waals surface area contributed by atoms with Crippen molar-refractivity contribution >= 4 is 29.1 Å². The van der Waals surface area contributed by atoms with Crippen LogP contribution in [0.4, 0.5) is 0 Å². The molecule has 3 aromatic rings. The molecule has 0 unspecified atom stereocenters. The zero-order chi connectivity index (χ0) is 25.3. The minimum absolute atomic E-state index is 0.0253. The first-order valence-corrected chi connectivity index (χ1v) is 13.2. The number of halogens is 2. The predicted molar refractivity (Wildman–Crippen MR) is 144 cm³/mol. The molecule has 2 saturated heterocycles. The van der Waals surface area contributed by atoms with E-state index in [9.17, 15) is 4.79 Å². The molecule has 3 heterocycles. The van der Waals surface area contributed by atoms with E-state index in [-0.39, 0.29) is 17.4 Å². The van der Waals surface area contributed by atoms with E-state index in [4.69, 9.17) is 32.9 Å². The van der Waals surface area contributed by atoms with Gasteiger partial charge >= 0.3 is 0 Å². The van der Waals surface area contributed by atoms with E-state index < -0.39 is 0 Å². The van der Waals surface area contributed by atoms with Crippen molar-refractivity contribution in [3.8, 4) is 5.75 Å². The van der Waals surface area contributed by atoms with Crippen molar-refractivity contribution in [3.05, 3.63) is 93.7 Å². The predicted octanol–water partition coefficient (Wildman–Crippen LogP) is 6.19. The number of hydrogen-bond acceptors (Lipinski definition) is 4. The van der Waals surface area contributed by atoms with Crippen LogP contribution in [-0.2, 0) is 10.2 Å². The van der Waals surface area contributed by atoms with Crippen molar-refractivity contribution in [1.82, 2.24) is 15.2 Å². The van der Waals surface area contributed by atoms with Crippen molar-refractivity contribution in [2.24, 2.45) is 0 Å². The molecular weight excluding hydrogens is 493 g/mol. The number of carbonyl (C=O) groups is 1. The number of fused-ring (bicyclic) bond motifs is 2. The summed E-state index contributed by atoms with van der Waals surface area (Å²) in [4.78, 5) is 19.4. The number of carbonyl (C=O) groups excluding carboxylic acids is 1. The normalized spacial score (nSPS) is 23.6. The number of benzene rings is 2. The highest BCUT2D eigenvalue weighted by molar-refractivity contribution is 6.32. The number of pyridine rings is 1. The fraction of sp³-hybridized carbons (Fsp3) is 0.379. The van der Waals surface area contributed by atoms with Crippen LogP contribution in [0.2, 0.25) is 10.0 Å². The second-order valence-electron chi connectivity index (χ2n) is 9.96. The third-order valence-electron chi connectivity index (χ3n) is 7.82. The lowest BCUT2D eigenvalue weighted by atomic mass is 9.71. The highest BCUT2D eigenvalue weighted by Crippen LogP contribution is 2.52. The van der Waals surface area contributed by atoms with Crippen LogP contribution in [-0.4, -0.2) is 41.5 Å². The molecular formula is C29H31Cl2N3O2. The van der Waals surface area contributed by atoms with Crippen LogP contribution in [0.5, 0.6) is 5.75 Å². The minimum Gasteiger partial charge on any atom is -0.495 e. The average molecular weight is 524 g/mol. The van der Waals surface area contributed by atoms with E-state index in [1.165, 1.54) is 0 Å². The Morgan fingerprint density at radius 3 is 2.08 bits per heavy atom. The lowest BCUT2D eigenvalue weighted by Gasteiger charge is -2.49.